The van der Waals surface area contributed by atoms with Crippen LogP contribution in [0.4, 0.5) is 17.2 Å². The van der Waals surface area contributed by atoms with Crippen molar-refractivity contribution >= 4 is 46.5 Å². The summed E-state index contributed by atoms with van der Waals surface area (Å²) >= 11 is 7.37. The summed E-state index contributed by atoms with van der Waals surface area (Å²) in [5, 5.41) is 4.11. The Kier molecular flexibility index (Phi) is 7.40. The lowest BCUT2D eigenvalue weighted by Crippen LogP contribution is -2.47. The number of anilines is 3. The normalized spacial score (nSPS) is 13.8. The fourth-order valence-electron chi connectivity index (χ4n) is 3.86. The summed E-state index contributed by atoms with van der Waals surface area (Å²) in [5.74, 6) is 1.02. The maximum Gasteiger partial charge on any atom is 0.234 e. The van der Waals surface area contributed by atoms with E-state index in [1.807, 2.05) is 25.1 Å². The van der Waals surface area contributed by atoms with Crippen LogP contribution in [0.25, 0.3) is 0 Å². The van der Waals surface area contributed by atoms with Crippen molar-refractivity contribution in [3.05, 3.63) is 70.4 Å². The lowest BCUT2D eigenvalue weighted by Gasteiger charge is -2.37. The summed E-state index contributed by atoms with van der Waals surface area (Å²) in [4.78, 5) is 26.2. The van der Waals surface area contributed by atoms with Gasteiger partial charge >= 0.3 is 0 Å². The van der Waals surface area contributed by atoms with Gasteiger partial charge in [-0.2, -0.15) is 0 Å². The third-order valence-corrected chi connectivity index (χ3v) is 6.83. The van der Waals surface area contributed by atoms with Crippen LogP contribution < -0.4 is 15.1 Å². The number of piperazine rings is 1. The molecule has 1 aliphatic rings. The highest BCUT2D eigenvalue weighted by Gasteiger charge is 2.20. The average molecular weight is 482 g/mol. The van der Waals surface area contributed by atoms with Gasteiger partial charge in [0.15, 0.2) is 5.16 Å². The number of nitrogens with one attached hydrogen (secondary N) is 1. The molecule has 33 heavy (non-hydrogen) atoms. The van der Waals surface area contributed by atoms with Gasteiger partial charge in [0, 0.05) is 48.8 Å². The largest absolute Gasteiger partial charge is 0.368 e. The summed E-state index contributed by atoms with van der Waals surface area (Å²) < 4.78 is 0. The van der Waals surface area contributed by atoms with E-state index in [2.05, 4.69) is 52.1 Å². The molecule has 6 nitrogen and oxygen atoms in total. The number of carbonyl (C=O) groups excluding carboxylic acids is 1. The van der Waals surface area contributed by atoms with Crippen molar-refractivity contribution in [1.82, 2.24) is 9.97 Å². The SMILES string of the molecule is Cc1ccc(C)c(N2CCN(c3ccnc(SCC(=O)Nc4cc(Cl)ccc4C)n3)CC2)c1. The van der Waals surface area contributed by atoms with Crippen LogP contribution in [0.2, 0.25) is 5.02 Å². The van der Waals surface area contributed by atoms with E-state index < -0.39 is 0 Å². The third kappa shape index (κ3) is 5.97. The van der Waals surface area contributed by atoms with Gasteiger partial charge in [-0.1, -0.05) is 41.6 Å². The van der Waals surface area contributed by atoms with E-state index in [-0.39, 0.29) is 11.7 Å². The number of aryl methyl sites for hydroxylation is 3. The molecule has 0 saturated carbocycles. The average Bonchev–Trinajstić information content (AvgIpc) is 2.82. The highest BCUT2D eigenvalue weighted by Crippen LogP contribution is 2.25. The van der Waals surface area contributed by atoms with Crippen LogP contribution in [0, 0.1) is 20.8 Å². The Morgan fingerprint density at radius 1 is 1.00 bits per heavy atom. The zero-order valence-corrected chi connectivity index (χ0v) is 20.7. The number of hydrogen-bond donors (Lipinski definition) is 1. The molecule has 0 radical (unpaired) electrons. The molecule has 1 aliphatic heterocycles. The predicted octanol–water partition coefficient (Wildman–Crippen LogP) is 5.11. The molecular weight excluding hydrogens is 454 g/mol. The van der Waals surface area contributed by atoms with Crippen molar-refractivity contribution in [3.63, 3.8) is 0 Å². The minimum absolute atomic E-state index is 0.110. The molecule has 0 aliphatic carbocycles. The minimum atomic E-state index is -0.110. The number of amides is 1. The standard InChI is InChI=1S/C25H28ClN5OS/c1-17-4-5-19(3)22(14-17)30-10-12-31(13-11-30)23-8-9-27-25(29-23)33-16-24(32)28-21-15-20(26)7-6-18(21)2/h4-9,14-15H,10-13,16H2,1-3H3,(H,28,32). The topological polar surface area (TPSA) is 61.4 Å². The number of halogens is 1. The van der Waals surface area contributed by atoms with E-state index in [0.29, 0.717) is 10.2 Å². The lowest BCUT2D eigenvalue weighted by atomic mass is 10.1. The monoisotopic (exact) mass is 481 g/mol. The van der Waals surface area contributed by atoms with Crippen LogP contribution in [0.1, 0.15) is 16.7 Å². The van der Waals surface area contributed by atoms with Crippen LogP contribution >= 0.6 is 23.4 Å². The third-order valence-electron chi connectivity index (χ3n) is 5.73. The summed E-state index contributed by atoms with van der Waals surface area (Å²) in [7, 11) is 0. The maximum atomic E-state index is 12.4. The Labute approximate surface area is 204 Å². The molecule has 1 aromatic heterocycles. The minimum Gasteiger partial charge on any atom is -0.368 e. The molecule has 0 unspecified atom stereocenters. The van der Waals surface area contributed by atoms with Crippen LogP contribution in [0.3, 0.4) is 0 Å². The highest BCUT2D eigenvalue weighted by molar-refractivity contribution is 7.99. The van der Waals surface area contributed by atoms with E-state index in [1.54, 1.807) is 12.3 Å². The first-order valence-corrected chi connectivity index (χ1v) is 12.3. The molecule has 2 heterocycles. The van der Waals surface area contributed by atoms with Gasteiger partial charge in [-0.05, 0) is 61.7 Å². The van der Waals surface area contributed by atoms with E-state index in [1.165, 1.54) is 28.6 Å². The second kappa shape index (κ2) is 10.4. The number of hydrogen-bond acceptors (Lipinski definition) is 6. The summed E-state index contributed by atoms with van der Waals surface area (Å²) in [6.45, 7) is 9.91. The Morgan fingerprint density at radius 2 is 1.73 bits per heavy atom. The van der Waals surface area contributed by atoms with Gasteiger partial charge in [-0.25, -0.2) is 9.97 Å². The Hall–Kier alpha value is -2.77. The highest BCUT2D eigenvalue weighted by atomic mass is 35.5. The molecule has 0 bridgehead atoms. The molecule has 1 saturated heterocycles. The van der Waals surface area contributed by atoms with Crippen molar-refractivity contribution in [2.75, 3.05) is 47.0 Å². The molecule has 0 atom stereocenters. The predicted molar refractivity (Wildman–Crippen MR) is 138 cm³/mol. The first kappa shape index (κ1) is 23.4. The molecule has 1 N–H and O–H groups in total. The second-order valence-electron chi connectivity index (χ2n) is 8.26. The van der Waals surface area contributed by atoms with Crippen LogP contribution in [0.15, 0.2) is 53.8 Å². The van der Waals surface area contributed by atoms with Crippen LogP contribution in [-0.4, -0.2) is 47.8 Å². The van der Waals surface area contributed by atoms with Crippen molar-refractivity contribution in [2.45, 2.75) is 25.9 Å². The maximum absolute atomic E-state index is 12.4. The van der Waals surface area contributed by atoms with Gasteiger partial charge < -0.3 is 15.1 Å². The van der Waals surface area contributed by atoms with Crippen molar-refractivity contribution in [3.8, 4) is 0 Å². The van der Waals surface area contributed by atoms with E-state index in [4.69, 9.17) is 16.6 Å². The Bertz CT molecular complexity index is 1150. The number of thioether (sulfide) groups is 1. The number of aromatic nitrogens is 2. The molecule has 1 fully saturated rings. The summed E-state index contributed by atoms with van der Waals surface area (Å²) in [6.07, 6.45) is 1.76. The Morgan fingerprint density at radius 3 is 2.52 bits per heavy atom. The smallest absolute Gasteiger partial charge is 0.234 e. The van der Waals surface area contributed by atoms with Crippen molar-refractivity contribution < 1.29 is 4.79 Å². The molecule has 4 rings (SSSR count). The van der Waals surface area contributed by atoms with Gasteiger partial charge in [-0.15, -0.1) is 0 Å². The molecule has 172 valence electrons. The molecular formula is C25H28ClN5OS. The zero-order chi connectivity index (χ0) is 23.4. The second-order valence-corrected chi connectivity index (χ2v) is 9.64. The first-order valence-electron chi connectivity index (χ1n) is 11.0. The summed E-state index contributed by atoms with van der Waals surface area (Å²) in [6, 6.07) is 14.0. The fraction of sp³-hybridized carbons (Fsp3) is 0.320. The van der Waals surface area contributed by atoms with Crippen LogP contribution in [-0.2, 0) is 4.79 Å². The molecule has 8 heteroatoms. The first-order chi connectivity index (χ1) is 15.9. The van der Waals surface area contributed by atoms with Gasteiger partial charge in [0.05, 0.1) is 5.75 Å². The Balaban J connectivity index is 1.33. The van der Waals surface area contributed by atoms with Gasteiger partial charge in [0.1, 0.15) is 5.82 Å². The quantitative estimate of drug-likeness (QED) is 0.390. The van der Waals surface area contributed by atoms with Gasteiger partial charge in [0.25, 0.3) is 0 Å². The zero-order valence-electron chi connectivity index (χ0n) is 19.1. The summed E-state index contributed by atoms with van der Waals surface area (Å²) in [5.41, 5.74) is 5.60. The van der Waals surface area contributed by atoms with Crippen LogP contribution in [0.5, 0.6) is 0 Å². The number of nitrogens with zero attached hydrogens (tertiary/aromatic N) is 4. The fourth-order valence-corrected chi connectivity index (χ4v) is 4.66. The van der Waals surface area contributed by atoms with Gasteiger partial charge in [0.2, 0.25) is 5.91 Å². The van der Waals surface area contributed by atoms with Crippen molar-refractivity contribution in [2.24, 2.45) is 0 Å². The molecule has 3 aromatic rings. The number of benzene rings is 2. The van der Waals surface area contributed by atoms with E-state index in [9.17, 15) is 4.79 Å². The number of rotatable bonds is 6. The number of carbonyl (C=O) groups is 1. The van der Waals surface area contributed by atoms with Gasteiger partial charge in [-0.3, -0.25) is 4.79 Å². The lowest BCUT2D eigenvalue weighted by molar-refractivity contribution is -0.113. The van der Waals surface area contributed by atoms with E-state index >= 15 is 0 Å². The molecule has 1 amide bonds. The van der Waals surface area contributed by atoms with Crippen molar-refractivity contribution in [1.29, 1.82) is 0 Å². The van der Waals surface area contributed by atoms with E-state index in [0.717, 1.165) is 43.2 Å². The molecule has 0 spiro atoms. The molecule has 2 aromatic carbocycles.